The highest BCUT2D eigenvalue weighted by Crippen LogP contribution is 2.15. The fourth-order valence-electron chi connectivity index (χ4n) is 1.72. The molecule has 2 N–H and O–H groups in total. The van der Waals surface area contributed by atoms with E-state index in [9.17, 15) is 9.90 Å². The van der Waals surface area contributed by atoms with Crippen LogP contribution in [0.3, 0.4) is 0 Å². The maximum atomic E-state index is 11.7. The number of carbonyl (C=O) groups excluding carboxylic acids is 1. The number of aromatic nitrogens is 1. The van der Waals surface area contributed by atoms with E-state index in [0.29, 0.717) is 15.7 Å². The van der Waals surface area contributed by atoms with E-state index in [2.05, 4.69) is 10.3 Å². The Morgan fingerprint density at radius 3 is 2.59 bits per heavy atom. The molecule has 0 aliphatic rings. The molecule has 6 heteroatoms. The van der Waals surface area contributed by atoms with Crippen LogP contribution in [0.15, 0.2) is 48.7 Å². The first kappa shape index (κ1) is 16.5. The Kier molecular flexibility index (Phi) is 5.95. The van der Waals surface area contributed by atoms with Gasteiger partial charge in [-0.15, -0.1) is 0 Å². The van der Waals surface area contributed by atoms with Crippen LogP contribution in [0.1, 0.15) is 17.2 Å². The number of pyridine rings is 1. The van der Waals surface area contributed by atoms with Gasteiger partial charge in [-0.1, -0.05) is 41.4 Å². The lowest BCUT2D eigenvalue weighted by atomic mass is 10.1. The number of nitrogens with one attached hydrogen (secondary N) is 1. The van der Waals surface area contributed by atoms with Gasteiger partial charge in [0.15, 0.2) is 0 Å². The second kappa shape index (κ2) is 7.94. The van der Waals surface area contributed by atoms with Crippen LogP contribution >= 0.6 is 23.2 Å². The van der Waals surface area contributed by atoms with E-state index >= 15 is 0 Å². The molecular formula is C16H14Cl2N2O2. The predicted octanol–water partition coefficient (Wildman–Crippen LogP) is 3.25. The standard InChI is InChI=1S/C16H14Cl2N2O2/c17-13-5-3-12(4-6-13)14(21)10-20-16(22)8-2-11-1-7-15(18)19-9-11/h1-9,14,21H,10H2,(H,20,22)/b8-2+. The molecule has 1 atom stereocenters. The number of amides is 1. The number of hydrogen-bond donors (Lipinski definition) is 2. The molecule has 2 aromatic rings. The van der Waals surface area contributed by atoms with Crippen LogP contribution in [0, 0.1) is 0 Å². The molecule has 1 unspecified atom stereocenters. The molecule has 0 saturated carbocycles. The fourth-order valence-corrected chi connectivity index (χ4v) is 1.95. The van der Waals surface area contributed by atoms with Crippen molar-refractivity contribution in [1.29, 1.82) is 0 Å². The van der Waals surface area contributed by atoms with E-state index in [0.717, 1.165) is 5.56 Å². The van der Waals surface area contributed by atoms with Gasteiger partial charge >= 0.3 is 0 Å². The van der Waals surface area contributed by atoms with Crippen molar-refractivity contribution >= 4 is 35.2 Å². The molecule has 0 saturated heterocycles. The van der Waals surface area contributed by atoms with Crippen LogP contribution in [-0.4, -0.2) is 22.5 Å². The van der Waals surface area contributed by atoms with Crippen LogP contribution in [0.5, 0.6) is 0 Å². The molecule has 22 heavy (non-hydrogen) atoms. The average Bonchev–Trinajstić information content (AvgIpc) is 2.52. The van der Waals surface area contributed by atoms with Crippen molar-refractivity contribution in [2.24, 2.45) is 0 Å². The van der Waals surface area contributed by atoms with Gasteiger partial charge in [-0.05, 0) is 35.4 Å². The molecule has 0 aliphatic heterocycles. The summed E-state index contributed by atoms with van der Waals surface area (Å²) in [5.74, 6) is -0.303. The third kappa shape index (κ3) is 5.15. The zero-order valence-electron chi connectivity index (χ0n) is 11.5. The average molecular weight is 337 g/mol. The van der Waals surface area contributed by atoms with E-state index in [1.165, 1.54) is 6.08 Å². The maximum Gasteiger partial charge on any atom is 0.244 e. The first-order valence-electron chi connectivity index (χ1n) is 6.55. The SMILES string of the molecule is O=C(/C=C/c1ccc(Cl)nc1)NCC(O)c1ccc(Cl)cc1. The first-order valence-corrected chi connectivity index (χ1v) is 7.31. The second-order valence-electron chi connectivity index (χ2n) is 4.56. The summed E-state index contributed by atoms with van der Waals surface area (Å²) in [6.07, 6.45) is 3.77. The third-order valence-electron chi connectivity index (χ3n) is 2.90. The number of rotatable bonds is 5. The summed E-state index contributed by atoms with van der Waals surface area (Å²) in [5.41, 5.74) is 1.45. The zero-order valence-corrected chi connectivity index (χ0v) is 13.1. The second-order valence-corrected chi connectivity index (χ2v) is 5.38. The number of halogens is 2. The summed E-state index contributed by atoms with van der Waals surface area (Å²) in [5, 5.41) is 13.6. The minimum absolute atomic E-state index is 0.115. The Morgan fingerprint density at radius 1 is 1.23 bits per heavy atom. The molecule has 0 spiro atoms. The van der Waals surface area contributed by atoms with Crippen molar-refractivity contribution in [3.8, 4) is 0 Å². The molecule has 1 amide bonds. The Morgan fingerprint density at radius 2 is 1.95 bits per heavy atom. The van der Waals surface area contributed by atoms with Gasteiger partial charge in [-0.25, -0.2) is 4.98 Å². The molecule has 2 rings (SSSR count). The van der Waals surface area contributed by atoms with E-state index < -0.39 is 6.10 Å². The highest BCUT2D eigenvalue weighted by Gasteiger charge is 2.08. The van der Waals surface area contributed by atoms with Gasteiger partial charge in [0.25, 0.3) is 0 Å². The lowest BCUT2D eigenvalue weighted by Gasteiger charge is -2.11. The minimum Gasteiger partial charge on any atom is -0.387 e. The Labute approximate surface area is 138 Å². The van der Waals surface area contributed by atoms with Crippen molar-refractivity contribution in [1.82, 2.24) is 10.3 Å². The monoisotopic (exact) mass is 336 g/mol. The van der Waals surface area contributed by atoms with E-state index in [1.807, 2.05) is 0 Å². The molecule has 0 radical (unpaired) electrons. The maximum absolute atomic E-state index is 11.7. The van der Waals surface area contributed by atoms with Crippen LogP contribution < -0.4 is 5.32 Å². The largest absolute Gasteiger partial charge is 0.387 e. The van der Waals surface area contributed by atoms with Crippen molar-refractivity contribution in [3.05, 3.63) is 70.0 Å². The number of hydrogen-bond acceptors (Lipinski definition) is 3. The molecule has 1 aromatic carbocycles. The van der Waals surface area contributed by atoms with Gasteiger partial charge in [0.05, 0.1) is 6.10 Å². The lowest BCUT2D eigenvalue weighted by molar-refractivity contribution is -0.116. The van der Waals surface area contributed by atoms with Gasteiger partial charge in [0, 0.05) is 23.8 Å². The number of nitrogens with zero attached hydrogens (tertiary/aromatic N) is 1. The smallest absolute Gasteiger partial charge is 0.244 e. The summed E-state index contributed by atoms with van der Waals surface area (Å²) in [7, 11) is 0. The van der Waals surface area contributed by atoms with Crippen molar-refractivity contribution in [2.45, 2.75) is 6.10 Å². The summed E-state index contributed by atoms with van der Waals surface area (Å²) in [6.45, 7) is 0.115. The van der Waals surface area contributed by atoms with Crippen molar-refractivity contribution in [2.75, 3.05) is 6.54 Å². The third-order valence-corrected chi connectivity index (χ3v) is 3.38. The topological polar surface area (TPSA) is 62.2 Å². The molecule has 0 aliphatic carbocycles. The quantitative estimate of drug-likeness (QED) is 0.650. The zero-order chi connectivity index (χ0) is 15.9. The Hall–Kier alpha value is -1.88. The molecule has 0 bridgehead atoms. The summed E-state index contributed by atoms with van der Waals surface area (Å²) in [6, 6.07) is 10.2. The predicted molar refractivity (Wildman–Crippen MR) is 87.7 cm³/mol. The van der Waals surface area contributed by atoms with Gasteiger partial charge in [0.1, 0.15) is 5.15 Å². The van der Waals surface area contributed by atoms with E-state index in [1.54, 1.807) is 48.7 Å². The van der Waals surface area contributed by atoms with Gasteiger partial charge in [-0.2, -0.15) is 0 Å². The normalized spacial score (nSPS) is 12.3. The number of aliphatic hydroxyl groups is 1. The highest BCUT2D eigenvalue weighted by atomic mass is 35.5. The van der Waals surface area contributed by atoms with Crippen molar-refractivity contribution in [3.63, 3.8) is 0 Å². The Balaban J connectivity index is 1.84. The Bertz CT molecular complexity index is 655. The molecule has 1 aromatic heterocycles. The van der Waals surface area contributed by atoms with Crippen molar-refractivity contribution < 1.29 is 9.90 Å². The van der Waals surface area contributed by atoms with Crippen LogP contribution in [-0.2, 0) is 4.79 Å². The molecule has 0 fully saturated rings. The highest BCUT2D eigenvalue weighted by molar-refractivity contribution is 6.30. The number of carbonyl (C=O) groups is 1. The molecule has 114 valence electrons. The summed E-state index contributed by atoms with van der Waals surface area (Å²) < 4.78 is 0. The van der Waals surface area contributed by atoms with Crippen LogP contribution in [0.4, 0.5) is 0 Å². The van der Waals surface area contributed by atoms with E-state index in [4.69, 9.17) is 23.2 Å². The molecule has 1 heterocycles. The molecule has 4 nitrogen and oxygen atoms in total. The minimum atomic E-state index is -0.785. The number of benzene rings is 1. The van der Waals surface area contributed by atoms with E-state index in [-0.39, 0.29) is 12.5 Å². The van der Waals surface area contributed by atoms with Crippen LogP contribution in [0.25, 0.3) is 6.08 Å². The van der Waals surface area contributed by atoms with Gasteiger partial charge < -0.3 is 10.4 Å². The fraction of sp³-hybridized carbons (Fsp3) is 0.125. The van der Waals surface area contributed by atoms with Gasteiger partial charge in [0.2, 0.25) is 5.91 Å². The summed E-state index contributed by atoms with van der Waals surface area (Å²) >= 11 is 11.5. The van der Waals surface area contributed by atoms with Gasteiger partial charge in [-0.3, -0.25) is 4.79 Å². The number of aliphatic hydroxyl groups excluding tert-OH is 1. The molecular weight excluding hydrogens is 323 g/mol. The van der Waals surface area contributed by atoms with Crippen LogP contribution in [0.2, 0.25) is 10.2 Å². The first-order chi connectivity index (χ1) is 10.5. The summed E-state index contributed by atoms with van der Waals surface area (Å²) in [4.78, 5) is 15.6. The lowest BCUT2D eigenvalue weighted by Crippen LogP contribution is -2.26.